The highest BCUT2D eigenvalue weighted by Gasteiger charge is 2.32. The number of amides is 3. The van der Waals surface area contributed by atoms with Gasteiger partial charge in [0.25, 0.3) is 11.8 Å². The van der Waals surface area contributed by atoms with Gasteiger partial charge in [-0.25, -0.2) is 13.9 Å². The van der Waals surface area contributed by atoms with Crippen LogP contribution in [0.15, 0.2) is 54.7 Å². The minimum Gasteiger partial charge on any atom is -0.348 e. The van der Waals surface area contributed by atoms with Crippen LogP contribution in [0, 0.1) is 18.2 Å². The number of carbonyl (C=O) groups is 3. The van der Waals surface area contributed by atoms with Crippen LogP contribution in [-0.4, -0.2) is 50.3 Å². The molecule has 0 radical (unpaired) electrons. The van der Waals surface area contributed by atoms with E-state index in [2.05, 4.69) is 34.6 Å². The van der Waals surface area contributed by atoms with Crippen LogP contribution in [0.4, 0.5) is 10.2 Å². The number of nitrogens with one attached hydrogen (secondary N) is 2. The Morgan fingerprint density at radius 3 is 2.60 bits per heavy atom. The molecule has 0 unspecified atom stereocenters. The lowest BCUT2D eigenvalue weighted by molar-refractivity contribution is -0.114. The first-order valence-corrected chi connectivity index (χ1v) is 13.1. The van der Waals surface area contributed by atoms with E-state index < -0.39 is 5.82 Å². The number of nitrogens with zero attached hydrogens (tertiary/aromatic N) is 4. The number of aryl methyl sites for hydroxylation is 1. The molecule has 10 heteroatoms. The van der Waals surface area contributed by atoms with E-state index in [1.165, 1.54) is 25.1 Å². The number of rotatable bonds is 6. The molecule has 2 aromatic carbocycles. The normalized spacial score (nSPS) is 14.4. The number of hydrogen-bond acceptors (Lipinski definition) is 5. The molecule has 4 aromatic rings. The van der Waals surface area contributed by atoms with Crippen LogP contribution in [0.2, 0.25) is 0 Å². The number of hydrogen-bond donors (Lipinski definition) is 2. The van der Waals surface area contributed by atoms with E-state index in [9.17, 15) is 18.8 Å². The van der Waals surface area contributed by atoms with Crippen molar-refractivity contribution < 1.29 is 18.8 Å². The average Bonchev–Trinajstić information content (AvgIpc) is 3.48. The molecule has 1 fully saturated rings. The summed E-state index contributed by atoms with van der Waals surface area (Å²) in [5.74, 6) is -0.822. The third kappa shape index (κ3) is 5.70. The van der Waals surface area contributed by atoms with Gasteiger partial charge in [-0.3, -0.25) is 14.4 Å². The molecule has 0 spiro atoms. The summed E-state index contributed by atoms with van der Waals surface area (Å²) in [5.41, 5.74) is 3.77. The van der Waals surface area contributed by atoms with E-state index in [1.807, 2.05) is 19.1 Å². The van der Waals surface area contributed by atoms with E-state index >= 15 is 0 Å². The zero-order valence-corrected chi connectivity index (χ0v) is 22.9. The Morgan fingerprint density at radius 2 is 1.88 bits per heavy atom. The number of anilines is 1. The van der Waals surface area contributed by atoms with E-state index in [0.717, 1.165) is 12.0 Å². The quantitative estimate of drug-likeness (QED) is 0.370. The summed E-state index contributed by atoms with van der Waals surface area (Å²) in [6, 6.07) is 13.3. The minimum atomic E-state index is -0.486. The molecule has 1 aliphatic heterocycles. The summed E-state index contributed by atoms with van der Waals surface area (Å²) < 4.78 is 16.2. The van der Waals surface area contributed by atoms with Gasteiger partial charge < -0.3 is 15.5 Å². The summed E-state index contributed by atoms with van der Waals surface area (Å²) in [6.07, 6.45) is 2.53. The lowest BCUT2D eigenvalue weighted by atomic mass is 9.93. The van der Waals surface area contributed by atoms with Crippen molar-refractivity contribution in [3.8, 4) is 11.3 Å². The maximum Gasteiger partial charge on any atom is 0.253 e. The van der Waals surface area contributed by atoms with Crippen LogP contribution in [0.25, 0.3) is 16.9 Å². The van der Waals surface area contributed by atoms with Crippen molar-refractivity contribution in [3.63, 3.8) is 0 Å². The van der Waals surface area contributed by atoms with Gasteiger partial charge >= 0.3 is 0 Å². The molecule has 3 heterocycles. The third-order valence-electron chi connectivity index (χ3n) is 7.10. The highest BCUT2D eigenvalue weighted by molar-refractivity contribution is 5.97. The number of aromatic nitrogens is 3. The van der Waals surface area contributed by atoms with Gasteiger partial charge in [0.05, 0.1) is 11.9 Å². The molecule has 40 heavy (non-hydrogen) atoms. The maximum atomic E-state index is 14.6. The van der Waals surface area contributed by atoms with Crippen LogP contribution < -0.4 is 10.6 Å². The molecule has 2 N–H and O–H groups in total. The monoisotopic (exact) mass is 542 g/mol. The predicted octanol–water partition coefficient (Wildman–Crippen LogP) is 4.60. The molecule has 5 rings (SSSR count). The molecular weight excluding hydrogens is 511 g/mol. The highest BCUT2D eigenvalue weighted by Crippen LogP contribution is 2.30. The molecule has 0 atom stereocenters. The first-order chi connectivity index (χ1) is 19.0. The van der Waals surface area contributed by atoms with Gasteiger partial charge in [0.2, 0.25) is 5.91 Å². The summed E-state index contributed by atoms with van der Waals surface area (Å²) in [5, 5.41) is 9.99. The summed E-state index contributed by atoms with van der Waals surface area (Å²) in [4.78, 5) is 43.6. The topological polar surface area (TPSA) is 109 Å². The first kappa shape index (κ1) is 27.0. The Bertz CT molecular complexity index is 1640. The summed E-state index contributed by atoms with van der Waals surface area (Å²) in [6.45, 7) is 8.74. The number of benzene rings is 2. The van der Waals surface area contributed by atoms with Gasteiger partial charge in [0.15, 0.2) is 11.5 Å². The van der Waals surface area contributed by atoms with E-state index in [4.69, 9.17) is 0 Å². The molecule has 1 aliphatic rings. The second-order valence-corrected chi connectivity index (χ2v) is 11.0. The van der Waals surface area contributed by atoms with E-state index in [0.29, 0.717) is 46.9 Å². The van der Waals surface area contributed by atoms with Crippen LogP contribution >= 0.6 is 0 Å². The van der Waals surface area contributed by atoms with Gasteiger partial charge in [-0.15, -0.1) is 0 Å². The van der Waals surface area contributed by atoms with Crippen molar-refractivity contribution in [2.45, 2.75) is 40.7 Å². The number of halogens is 1. The second kappa shape index (κ2) is 10.5. The highest BCUT2D eigenvalue weighted by atomic mass is 19.1. The molecule has 1 saturated heterocycles. The fourth-order valence-corrected chi connectivity index (χ4v) is 4.88. The molecule has 3 amide bonds. The predicted molar refractivity (Wildman–Crippen MR) is 149 cm³/mol. The smallest absolute Gasteiger partial charge is 0.253 e. The van der Waals surface area contributed by atoms with E-state index in [-0.39, 0.29) is 35.2 Å². The van der Waals surface area contributed by atoms with Crippen LogP contribution in [0.1, 0.15) is 59.0 Å². The first-order valence-electron chi connectivity index (χ1n) is 13.1. The number of carbonyl (C=O) groups excluding carboxylic acids is 3. The third-order valence-corrected chi connectivity index (χ3v) is 7.10. The fraction of sp³-hybridized carbons (Fsp3) is 0.300. The van der Waals surface area contributed by atoms with Crippen molar-refractivity contribution in [3.05, 3.63) is 82.8 Å². The number of imidazole rings is 1. The van der Waals surface area contributed by atoms with Crippen molar-refractivity contribution in [2.75, 3.05) is 18.4 Å². The van der Waals surface area contributed by atoms with Crippen LogP contribution in [0.5, 0.6) is 0 Å². The number of likely N-dealkylation sites (tertiary alicyclic amines) is 1. The fourth-order valence-electron chi connectivity index (χ4n) is 4.88. The molecule has 0 saturated carbocycles. The SMILES string of the molecule is CC(=O)Nc1cn2nc(-c3ccc(C)c(C(=O)NCc4cc(C(=O)N5CCC(C)(C)C5)ccc4F)c3)ccc2n1. The molecule has 0 aliphatic carbocycles. The summed E-state index contributed by atoms with van der Waals surface area (Å²) in [7, 11) is 0. The Hall–Kier alpha value is -4.60. The van der Waals surface area contributed by atoms with Gasteiger partial charge in [-0.1, -0.05) is 26.0 Å². The molecular formula is C30H31FN6O3. The van der Waals surface area contributed by atoms with Gasteiger partial charge in [-0.2, -0.15) is 5.10 Å². The minimum absolute atomic E-state index is 0.0634. The van der Waals surface area contributed by atoms with E-state index in [1.54, 1.807) is 33.8 Å². The largest absolute Gasteiger partial charge is 0.348 e. The summed E-state index contributed by atoms with van der Waals surface area (Å²) >= 11 is 0. The Labute approximate surface area is 231 Å². The molecule has 206 valence electrons. The maximum absolute atomic E-state index is 14.6. The molecule has 2 aromatic heterocycles. The average molecular weight is 543 g/mol. The van der Waals surface area contributed by atoms with Crippen molar-refractivity contribution in [2.24, 2.45) is 5.41 Å². The lowest BCUT2D eigenvalue weighted by Gasteiger charge is -2.20. The molecule has 9 nitrogen and oxygen atoms in total. The van der Waals surface area contributed by atoms with Crippen molar-refractivity contribution in [1.82, 2.24) is 24.8 Å². The lowest BCUT2D eigenvalue weighted by Crippen LogP contribution is -2.30. The zero-order chi connectivity index (χ0) is 28.6. The van der Waals surface area contributed by atoms with Gasteiger partial charge in [0, 0.05) is 48.8 Å². The van der Waals surface area contributed by atoms with Crippen LogP contribution in [0.3, 0.4) is 0 Å². The number of fused-ring (bicyclic) bond motifs is 1. The second-order valence-electron chi connectivity index (χ2n) is 11.0. The van der Waals surface area contributed by atoms with Crippen molar-refractivity contribution in [1.29, 1.82) is 0 Å². The van der Waals surface area contributed by atoms with Crippen molar-refractivity contribution >= 4 is 29.2 Å². The molecule has 0 bridgehead atoms. The Morgan fingerprint density at radius 1 is 1.07 bits per heavy atom. The van der Waals surface area contributed by atoms with Gasteiger partial charge in [-0.05, 0) is 60.7 Å². The standard InChI is InChI=1S/C30H31FN6O3/c1-18-5-6-20(25-9-10-27-34-26(33-19(2)38)16-37(27)35-25)14-23(18)28(39)32-15-22-13-21(7-8-24(22)31)29(40)36-12-11-30(3,4)17-36/h5-10,13-14,16H,11-12,15,17H2,1-4H3,(H,32,39)(H,33,38). The zero-order valence-electron chi connectivity index (χ0n) is 22.9. The Kier molecular flexibility index (Phi) is 7.10. The Balaban J connectivity index is 1.32. The van der Waals surface area contributed by atoms with Crippen LogP contribution in [-0.2, 0) is 11.3 Å². The van der Waals surface area contributed by atoms with Gasteiger partial charge in [0.1, 0.15) is 5.82 Å².